The van der Waals surface area contributed by atoms with E-state index >= 15 is 0 Å². The molecule has 0 saturated carbocycles. The highest BCUT2D eigenvalue weighted by Crippen LogP contribution is 2.18. The summed E-state index contributed by atoms with van der Waals surface area (Å²) in [6.07, 6.45) is 2.24. The molecule has 0 amide bonds. The predicted molar refractivity (Wildman–Crippen MR) is 71.6 cm³/mol. The van der Waals surface area contributed by atoms with Gasteiger partial charge in [0.2, 0.25) is 5.88 Å². The molecule has 3 nitrogen and oxygen atoms in total. The van der Waals surface area contributed by atoms with Crippen molar-refractivity contribution in [1.82, 2.24) is 10.3 Å². The number of rotatable bonds is 7. The Balaban J connectivity index is 2.45. The molecule has 4 heteroatoms. The number of ether oxygens (including phenoxy) is 1. The SMILES string of the molecule is CNCc1nc(OCCCC(C)C)ccc1Cl. The fourth-order valence-corrected chi connectivity index (χ4v) is 1.68. The van der Waals surface area contributed by atoms with Crippen LogP contribution in [0.3, 0.4) is 0 Å². The smallest absolute Gasteiger partial charge is 0.213 e. The molecule has 0 atom stereocenters. The van der Waals surface area contributed by atoms with Crippen LogP contribution in [0.1, 0.15) is 32.4 Å². The summed E-state index contributed by atoms with van der Waals surface area (Å²) in [5, 5.41) is 3.71. The maximum atomic E-state index is 6.02. The van der Waals surface area contributed by atoms with Crippen molar-refractivity contribution in [2.24, 2.45) is 5.92 Å². The first-order valence-corrected chi connectivity index (χ1v) is 6.44. The fraction of sp³-hybridized carbons (Fsp3) is 0.615. The summed E-state index contributed by atoms with van der Waals surface area (Å²) in [6, 6.07) is 3.65. The Morgan fingerprint density at radius 3 is 2.82 bits per heavy atom. The third-order valence-corrected chi connectivity index (χ3v) is 2.76. The highest BCUT2D eigenvalue weighted by molar-refractivity contribution is 6.31. The van der Waals surface area contributed by atoms with Crippen molar-refractivity contribution in [3.8, 4) is 5.88 Å². The third-order valence-electron chi connectivity index (χ3n) is 2.41. The summed E-state index contributed by atoms with van der Waals surface area (Å²) >= 11 is 6.02. The van der Waals surface area contributed by atoms with Gasteiger partial charge in [0.05, 0.1) is 17.3 Å². The molecule has 0 aliphatic heterocycles. The Morgan fingerprint density at radius 1 is 1.41 bits per heavy atom. The van der Waals surface area contributed by atoms with Crippen LogP contribution in [0.4, 0.5) is 0 Å². The quantitative estimate of drug-likeness (QED) is 0.761. The summed E-state index contributed by atoms with van der Waals surface area (Å²) in [5.41, 5.74) is 0.829. The van der Waals surface area contributed by atoms with Gasteiger partial charge in [-0.3, -0.25) is 0 Å². The fourth-order valence-electron chi connectivity index (χ4n) is 1.50. The van der Waals surface area contributed by atoms with Crippen molar-refractivity contribution in [3.05, 3.63) is 22.8 Å². The number of nitrogens with zero attached hydrogens (tertiary/aromatic N) is 1. The zero-order valence-corrected chi connectivity index (χ0v) is 11.5. The van der Waals surface area contributed by atoms with E-state index in [0.29, 0.717) is 24.1 Å². The van der Waals surface area contributed by atoms with Gasteiger partial charge in [-0.25, -0.2) is 4.98 Å². The normalized spacial score (nSPS) is 10.9. The molecule has 0 radical (unpaired) electrons. The van der Waals surface area contributed by atoms with Crippen LogP contribution in [0, 0.1) is 5.92 Å². The van der Waals surface area contributed by atoms with Crippen LogP contribution >= 0.6 is 11.6 Å². The van der Waals surface area contributed by atoms with E-state index in [-0.39, 0.29) is 0 Å². The summed E-state index contributed by atoms with van der Waals surface area (Å²) in [5.74, 6) is 1.38. The molecular formula is C13H21ClN2O. The van der Waals surface area contributed by atoms with Crippen LogP contribution in [-0.4, -0.2) is 18.6 Å². The largest absolute Gasteiger partial charge is 0.478 e. The van der Waals surface area contributed by atoms with Crippen molar-refractivity contribution in [2.45, 2.75) is 33.2 Å². The Bertz CT molecular complexity index is 342. The van der Waals surface area contributed by atoms with Gasteiger partial charge in [-0.15, -0.1) is 0 Å². The van der Waals surface area contributed by atoms with Crippen LogP contribution in [0.25, 0.3) is 0 Å². The molecule has 17 heavy (non-hydrogen) atoms. The van der Waals surface area contributed by atoms with E-state index in [1.54, 1.807) is 0 Å². The molecular weight excluding hydrogens is 236 g/mol. The summed E-state index contributed by atoms with van der Waals surface area (Å²) < 4.78 is 5.60. The molecule has 1 rings (SSSR count). The molecule has 96 valence electrons. The molecule has 0 aliphatic carbocycles. The minimum Gasteiger partial charge on any atom is -0.478 e. The predicted octanol–water partition coefficient (Wildman–Crippen LogP) is 3.27. The minimum absolute atomic E-state index is 0.655. The highest BCUT2D eigenvalue weighted by atomic mass is 35.5. The lowest BCUT2D eigenvalue weighted by atomic mass is 10.1. The molecule has 0 aromatic carbocycles. The zero-order valence-electron chi connectivity index (χ0n) is 10.8. The maximum absolute atomic E-state index is 6.02. The van der Waals surface area contributed by atoms with E-state index < -0.39 is 0 Å². The van der Waals surface area contributed by atoms with E-state index in [2.05, 4.69) is 24.1 Å². The highest BCUT2D eigenvalue weighted by Gasteiger charge is 2.04. The van der Waals surface area contributed by atoms with Crippen LogP contribution in [0.15, 0.2) is 12.1 Å². The Morgan fingerprint density at radius 2 is 2.18 bits per heavy atom. The Kier molecular flexibility index (Phi) is 6.30. The number of pyridine rings is 1. The van der Waals surface area contributed by atoms with Gasteiger partial charge in [-0.2, -0.15) is 0 Å². The van der Waals surface area contributed by atoms with Gasteiger partial charge >= 0.3 is 0 Å². The average Bonchev–Trinajstić information content (AvgIpc) is 2.28. The standard InChI is InChI=1S/C13H21ClN2O/c1-10(2)5-4-8-17-13-7-6-11(14)12(16-13)9-15-3/h6-7,10,15H,4-5,8-9H2,1-3H3. The number of aromatic nitrogens is 1. The first-order chi connectivity index (χ1) is 8.13. The van der Waals surface area contributed by atoms with E-state index in [1.165, 1.54) is 6.42 Å². The summed E-state index contributed by atoms with van der Waals surface area (Å²) in [6.45, 7) is 5.80. The van der Waals surface area contributed by atoms with Crippen LogP contribution < -0.4 is 10.1 Å². The number of hydrogen-bond acceptors (Lipinski definition) is 3. The van der Waals surface area contributed by atoms with Crippen LogP contribution in [0.2, 0.25) is 5.02 Å². The van der Waals surface area contributed by atoms with Crippen LogP contribution in [-0.2, 0) is 6.54 Å². The van der Waals surface area contributed by atoms with E-state index in [4.69, 9.17) is 16.3 Å². The van der Waals surface area contributed by atoms with Gasteiger partial charge in [0.25, 0.3) is 0 Å². The third kappa shape index (κ3) is 5.37. The molecule has 0 bridgehead atoms. The van der Waals surface area contributed by atoms with Crippen molar-refractivity contribution >= 4 is 11.6 Å². The van der Waals surface area contributed by atoms with E-state index in [0.717, 1.165) is 18.0 Å². The molecule has 1 aromatic heterocycles. The Hall–Kier alpha value is -0.800. The molecule has 0 spiro atoms. The molecule has 1 aromatic rings. The lowest BCUT2D eigenvalue weighted by Gasteiger charge is -2.09. The van der Waals surface area contributed by atoms with Crippen molar-refractivity contribution in [2.75, 3.05) is 13.7 Å². The Labute approximate surface area is 109 Å². The number of hydrogen-bond donors (Lipinski definition) is 1. The van der Waals surface area contributed by atoms with Gasteiger partial charge in [-0.1, -0.05) is 25.4 Å². The first-order valence-electron chi connectivity index (χ1n) is 6.06. The van der Waals surface area contributed by atoms with Gasteiger partial charge < -0.3 is 10.1 Å². The molecule has 0 saturated heterocycles. The summed E-state index contributed by atoms with van der Waals surface area (Å²) in [4.78, 5) is 4.36. The number of nitrogens with one attached hydrogen (secondary N) is 1. The lowest BCUT2D eigenvalue weighted by Crippen LogP contribution is -2.09. The molecule has 0 fully saturated rings. The van der Waals surface area contributed by atoms with Gasteiger partial charge in [0.15, 0.2) is 0 Å². The summed E-state index contributed by atoms with van der Waals surface area (Å²) in [7, 11) is 1.87. The van der Waals surface area contributed by atoms with E-state index in [9.17, 15) is 0 Å². The average molecular weight is 257 g/mol. The maximum Gasteiger partial charge on any atom is 0.213 e. The van der Waals surface area contributed by atoms with Crippen molar-refractivity contribution in [1.29, 1.82) is 0 Å². The second kappa shape index (κ2) is 7.51. The van der Waals surface area contributed by atoms with E-state index in [1.807, 2.05) is 19.2 Å². The topological polar surface area (TPSA) is 34.2 Å². The van der Waals surface area contributed by atoms with Crippen molar-refractivity contribution < 1.29 is 4.74 Å². The van der Waals surface area contributed by atoms with Crippen molar-refractivity contribution in [3.63, 3.8) is 0 Å². The number of halogens is 1. The molecule has 0 unspecified atom stereocenters. The van der Waals surface area contributed by atoms with Gasteiger partial charge in [-0.05, 0) is 31.9 Å². The van der Waals surface area contributed by atoms with Gasteiger partial charge in [0.1, 0.15) is 0 Å². The zero-order chi connectivity index (χ0) is 12.7. The second-order valence-electron chi connectivity index (χ2n) is 4.49. The molecule has 1 heterocycles. The minimum atomic E-state index is 0.655. The monoisotopic (exact) mass is 256 g/mol. The molecule has 1 N–H and O–H groups in total. The first kappa shape index (κ1) is 14.3. The second-order valence-corrected chi connectivity index (χ2v) is 4.90. The lowest BCUT2D eigenvalue weighted by molar-refractivity contribution is 0.286. The van der Waals surface area contributed by atoms with Crippen LogP contribution in [0.5, 0.6) is 5.88 Å². The molecule has 0 aliphatic rings. The van der Waals surface area contributed by atoms with Gasteiger partial charge in [0, 0.05) is 12.6 Å².